The minimum absolute atomic E-state index is 0.106. The van der Waals surface area contributed by atoms with E-state index < -0.39 is 17.7 Å². The standard InChI is InChI=1S/C24H27NO5/c1-15-6-8-17(9-7-15)21-20(23(27)24(28)25(21)12-5-13-29-3)22(26)19-11-10-18(30-4)14-16(19)2/h6-11,14,21,26H,5,12-13H2,1-4H3/b22-20+/t21-/m0/s1. The number of carbonyl (C=O) groups is 2. The van der Waals surface area contributed by atoms with Crippen molar-refractivity contribution in [3.63, 3.8) is 0 Å². The van der Waals surface area contributed by atoms with E-state index in [2.05, 4.69) is 0 Å². The Morgan fingerprint density at radius 1 is 1.07 bits per heavy atom. The number of hydrogen-bond donors (Lipinski definition) is 1. The van der Waals surface area contributed by atoms with Gasteiger partial charge in [0.15, 0.2) is 0 Å². The van der Waals surface area contributed by atoms with Gasteiger partial charge in [-0.25, -0.2) is 0 Å². The van der Waals surface area contributed by atoms with Crippen LogP contribution in [-0.2, 0) is 14.3 Å². The Hall–Kier alpha value is -3.12. The molecule has 2 aromatic carbocycles. The second-order valence-electron chi connectivity index (χ2n) is 7.43. The summed E-state index contributed by atoms with van der Waals surface area (Å²) in [5.74, 6) is -0.803. The number of likely N-dealkylation sites (tertiary alicyclic amines) is 1. The third-order valence-corrected chi connectivity index (χ3v) is 5.37. The van der Waals surface area contributed by atoms with Gasteiger partial charge in [0, 0.05) is 25.8 Å². The fourth-order valence-electron chi connectivity index (χ4n) is 3.76. The van der Waals surface area contributed by atoms with Crippen LogP contribution in [0.4, 0.5) is 0 Å². The summed E-state index contributed by atoms with van der Waals surface area (Å²) < 4.78 is 10.3. The molecule has 2 aromatic rings. The molecule has 6 heteroatoms. The predicted molar refractivity (Wildman–Crippen MR) is 114 cm³/mol. The normalized spacial score (nSPS) is 18.1. The second-order valence-corrected chi connectivity index (χ2v) is 7.43. The summed E-state index contributed by atoms with van der Waals surface area (Å²) in [4.78, 5) is 27.4. The van der Waals surface area contributed by atoms with Crippen LogP contribution >= 0.6 is 0 Å². The summed E-state index contributed by atoms with van der Waals surface area (Å²) in [6.45, 7) is 4.63. The number of aliphatic hydroxyl groups excluding tert-OH is 1. The second kappa shape index (κ2) is 9.13. The molecular formula is C24H27NO5. The number of aryl methyl sites for hydroxylation is 2. The van der Waals surface area contributed by atoms with Gasteiger partial charge in [0.05, 0.1) is 18.7 Å². The highest BCUT2D eigenvalue weighted by molar-refractivity contribution is 6.46. The van der Waals surface area contributed by atoms with Gasteiger partial charge >= 0.3 is 0 Å². The SMILES string of the molecule is COCCCN1C(=O)C(=O)/C(=C(/O)c2ccc(OC)cc2C)[C@@H]1c1ccc(C)cc1. The van der Waals surface area contributed by atoms with Crippen LogP contribution in [0, 0.1) is 13.8 Å². The Bertz CT molecular complexity index is 978. The zero-order valence-electron chi connectivity index (χ0n) is 17.8. The van der Waals surface area contributed by atoms with Crippen molar-refractivity contribution in [2.45, 2.75) is 26.3 Å². The van der Waals surface area contributed by atoms with E-state index >= 15 is 0 Å². The Morgan fingerprint density at radius 2 is 1.77 bits per heavy atom. The van der Waals surface area contributed by atoms with Crippen molar-refractivity contribution in [3.8, 4) is 5.75 Å². The largest absolute Gasteiger partial charge is 0.507 e. The molecule has 0 spiro atoms. The molecule has 1 N–H and O–H groups in total. The summed E-state index contributed by atoms with van der Waals surface area (Å²) in [5.41, 5.74) is 3.21. The van der Waals surface area contributed by atoms with Crippen LogP contribution in [-0.4, -0.2) is 49.1 Å². The molecule has 6 nitrogen and oxygen atoms in total. The third-order valence-electron chi connectivity index (χ3n) is 5.37. The number of Topliss-reactive ketones (excluding diaryl/α,β-unsaturated/α-hetero) is 1. The highest BCUT2D eigenvalue weighted by Crippen LogP contribution is 2.40. The van der Waals surface area contributed by atoms with E-state index in [1.807, 2.05) is 38.1 Å². The number of aliphatic hydroxyl groups is 1. The first-order valence-electron chi connectivity index (χ1n) is 9.88. The van der Waals surface area contributed by atoms with Crippen molar-refractivity contribution in [3.05, 3.63) is 70.3 Å². The first kappa shape index (κ1) is 21.6. The van der Waals surface area contributed by atoms with E-state index in [1.54, 1.807) is 32.4 Å². The number of rotatable bonds is 7. The van der Waals surface area contributed by atoms with Crippen LogP contribution in [0.2, 0.25) is 0 Å². The zero-order chi connectivity index (χ0) is 21.8. The van der Waals surface area contributed by atoms with Gasteiger partial charge in [-0.2, -0.15) is 0 Å². The molecule has 1 amide bonds. The maximum atomic E-state index is 13.0. The van der Waals surface area contributed by atoms with Crippen LogP contribution in [0.3, 0.4) is 0 Å². The van der Waals surface area contributed by atoms with Gasteiger partial charge in [-0.3, -0.25) is 9.59 Å². The average Bonchev–Trinajstić information content (AvgIpc) is 2.99. The lowest BCUT2D eigenvalue weighted by molar-refractivity contribution is -0.140. The number of ketones is 1. The van der Waals surface area contributed by atoms with Gasteiger partial charge in [0.1, 0.15) is 11.5 Å². The number of ether oxygens (including phenoxy) is 2. The van der Waals surface area contributed by atoms with E-state index in [4.69, 9.17) is 9.47 Å². The molecule has 1 heterocycles. The van der Waals surface area contributed by atoms with Crippen molar-refractivity contribution in [2.24, 2.45) is 0 Å². The smallest absolute Gasteiger partial charge is 0.295 e. The molecule has 1 saturated heterocycles. The molecule has 0 saturated carbocycles. The first-order valence-corrected chi connectivity index (χ1v) is 9.88. The molecule has 3 rings (SSSR count). The van der Waals surface area contributed by atoms with E-state index in [0.29, 0.717) is 30.9 Å². The van der Waals surface area contributed by atoms with E-state index in [0.717, 1.165) is 16.7 Å². The number of methoxy groups -OCH3 is 2. The van der Waals surface area contributed by atoms with Crippen LogP contribution in [0.1, 0.15) is 34.7 Å². The fraction of sp³-hybridized carbons (Fsp3) is 0.333. The molecule has 1 fully saturated rings. The lowest BCUT2D eigenvalue weighted by Crippen LogP contribution is -2.31. The molecule has 158 valence electrons. The van der Waals surface area contributed by atoms with Crippen molar-refractivity contribution in [1.29, 1.82) is 0 Å². The summed E-state index contributed by atoms with van der Waals surface area (Å²) in [7, 11) is 3.16. The number of nitrogens with zero attached hydrogens (tertiary/aromatic N) is 1. The Balaban J connectivity index is 2.13. The van der Waals surface area contributed by atoms with E-state index in [1.165, 1.54) is 4.90 Å². The van der Waals surface area contributed by atoms with Crippen molar-refractivity contribution >= 4 is 17.4 Å². The van der Waals surface area contributed by atoms with Gasteiger partial charge in [0.25, 0.3) is 11.7 Å². The molecule has 0 unspecified atom stereocenters. The average molecular weight is 409 g/mol. The number of amides is 1. The maximum absolute atomic E-state index is 13.0. The first-order chi connectivity index (χ1) is 14.4. The molecule has 0 bridgehead atoms. The Morgan fingerprint density at radius 3 is 2.37 bits per heavy atom. The summed E-state index contributed by atoms with van der Waals surface area (Å²) >= 11 is 0. The summed E-state index contributed by atoms with van der Waals surface area (Å²) in [6, 6.07) is 12.2. The molecule has 0 radical (unpaired) electrons. The van der Waals surface area contributed by atoms with Gasteiger partial charge in [-0.05, 0) is 49.6 Å². The van der Waals surface area contributed by atoms with Crippen molar-refractivity contribution in [1.82, 2.24) is 4.90 Å². The van der Waals surface area contributed by atoms with Gasteiger partial charge < -0.3 is 19.5 Å². The lowest BCUT2D eigenvalue weighted by Gasteiger charge is -2.25. The van der Waals surface area contributed by atoms with Gasteiger partial charge in [-0.1, -0.05) is 29.8 Å². The minimum atomic E-state index is -0.675. The number of benzene rings is 2. The molecule has 1 aliphatic heterocycles. The zero-order valence-corrected chi connectivity index (χ0v) is 17.8. The minimum Gasteiger partial charge on any atom is -0.507 e. The molecule has 0 aromatic heterocycles. The van der Waals surface area contributed by atoms with Gasteiger partial charge in [-0.15, -0.1) is 0 Å². The van der Waals surface area contributed by atoms with Gasteiger partial charge in [0.2, 0.25) is 0 Å². The quantitative estimate of drug-likeness (QED) is 0.326. The van der Waals surface area contributed by atoms with E-state index in [9.17, 15) is 14.7 Å². The highest BCUT2D eigenvalue weighted by atomic mass is 16.5. The highest BCUT2D eigenvalue weighted by Gasteiger charge is 2.45. The summed E-state index contributed by atoms with van der Waals surface area (Å²) in [6.07, 6.45) is 0.591. The lowest BCUT2D eigenvalue weighted by atomic mass is 9.93. The third kappa shape index (κ3) is 4.09. The molecule has 0 aliphatic carbocycles. The molecular weight excluding hydrogens is 382 g/mol. The fourth-order valence-corrected chi connectivity index (χ4v) is 3.76. The molecule has 1 aliphatic rings. The maximum Gasteiger partial charge on any atom is 0.295 e. The molecule has 1 atom stereocenters. The van der Waals surface area contributed by atoms with Crippen LogP contribution < -0.4 is 4.74 Å². The van der Waals surface area contributed by atoms with Crippen LogP contribution in [0.25, 0.3) is 5.76 Å². The topological polar surface area (TPSA) is 76.1 Å². The monoisotopic (exact) mass is 409 g/mol. The summed E-state index contributed by atoms with van der Waals surface area (Å²) in [5, 5.41) is 11.1. The number of hydrogen-bond acceptors (Lipinski definition) is 5. The molecule has 30 heavy (non-hydrogen) atoms. The predicted octanol–water partition coefficient (Wildman–Crippen LogP) is 3.77. The van der Waals surface area contributed by atoms with Crippen LogP contribution in [0.5, 0.6) is 5.75 Å². The Kier molecular flexibility index (Phi) is 6.57. The van der Waals surface area contributed by atoms with Crippen LogP contribution in [0.15, 0.2) is 48.0 Å². The van der Waals surface area contributed by atoms with Crippen molar-refractivity contribution < 1.29 is 24.2 Å². The number of carbonyl (C=O) groups excluding carboxylic acids is 2. The van der Waals surface area contributed by atoms with Crippen molar-refractivity contribution in [2.75, 3.05) is 27.4 Å². The van der Waals surface area contributed by atoms with E-state index in [-0.39, 0.29) is 11.3 Å². The Labute approximate surface area is 176 Å².